The highest BCUT2D eigenvalue weighted by molar-refractivity contribution is 8.22. The van der Waals surface area contributed by atoms with Gasteiger partial charge < -0.3 is 4.74 Å². The van der Waals surface area contributed by atoms with Crippen molar-refractivity contribution >= 4 is 16.7 Å². The molecule has 0 saturated carbocycles. The van der Waals surface area contributed by atoms with E-state index in [-0.39, 0.29) is 5.78 Å². The Morgan fingerprint density at radius 1 is 1.18 bits per heavy atom. The average Bonchev–Trinajstić information content (AvgIpc) is 3.03. The third-order valence-electron chi connectivity index (χ3n) is 3.33. The van der Waals surface area contributed by atoms with Gasteiger partial charge in [0, 0.05) is 17.2 Å². The van der Waals surface area contributed by atoms with Crippen molar-refractivity contribution in [2.75, 3.05) is 0 Å². The zero-order valence-corrected chi connectivity index (χ0v) is 13.2. The maximum absolute atomic E-state index is 11.3. The highest BCUT2D eigenvalue weighted by Gasteiger charge is 2.11. The number of ketones is 1. The second kappa shape index (κ2) is 6.62. The number of Topliss-reactive ketones (excluding diaryl/α,β-unsaturated/α-hetero) is 1. The fourth-order valence-electron chi connectivity index (χ4n) is 2.09. The standard InChI is InChI=1S/C18H17NO2S/c1-14(20)16-7-8-18(19-11-16)22-10-9-17(13-22)21-12-15-5-3-2-4-6-15/h2-11,13,22H,12H2,1H3. The molecule has 1 unspecified atom stereocenters. The summed E-state index contributed by atoms with van der Waals surface area (Å²) in [6, 6.07) is 13.8. The lowest BCUT2D eigenvalue weighted by Crippen LogP contribution is -1.93. The molecule has 0 saturated heterocycles. The lowest BCUT2D eigenvalue weighted by Gasteiger charge is -2.09. The molecule has 2 aromatic rings. The first kappa shape index (κ1) is 14.6. The minimum atomic E-state index is -0.582. The van der Waals surface area contributed by atoms with Gasteiger partial charge >= 0.3 is 0 Å². The maximum atomic E-state index is 11.3. The van der Waals surface area contributed by atoms with Crippen LogP contribution in [0.4, 0.5) is 0 Å². The number of pyridine rings is 1. The second-order valence-electron chi connectivity index (χ2n) is 4.99. The van der Waals surface area contributed by atoms with Gasteiger partial charge in [0.25, 0.3) is 0 Å². The van der Waals surface area contributed by atoms with Gasteiger partial charge in [-0.25, -0.2) is 0 Å². The zero-order valence-electron chi connectivity index (χ0n) is 12.3. The molecule has 0 bridgehead atoms. The maximum Gasteiger partial charge on any atom is 0.161 e. The summed E-state index contributed by atoms with van der Waals surface area (Å²) >= 11 is 0. The van der Waals surface area contributed by atoms with Crippen LogP contribution in [-0.4, -0.2) is 10.8 Å². The minimum absolute atomic E-state index is 0.0382. The molecule has 112 valence electrons. The van der Waals surface area contributed by atoms with E-state index < -0.39 is 10.9 Å². The molecule has 1 aliphatic heterocycles. The van der Waals surface area contributed by atoms with Crippen LogP contribution < -0.4 is 0 Å². The summed E-state index contributed by atoms with van der Waals surface area (Å²) in [5, 5.41) is 5.20. The van der Waals surface area contributed by atoms with Crippen molar-refractivity contribution < 1.29 is 9.53 Å². The van der Waals surface area contributed by atoms with Crippen molar-refractivity contribution in [3.63, 3.8) is 0 Å². The van der Waals surface area contributed by atoms with Crippen molar-refractivity contribution in [3.05, 3.63) is 82.4 Å². The molecule has 0 amide bonds. The number of ether oxygens (including phenoxy) is 1. The predicted octanol–water partition coefficient (Wildman–Crippen LogP) is 4.23. The van der Waals surface area contributed by atoms with E-state index in [4.69, 9.17) is 4.74 Å². The van der Waals surface area contributed by atoms with Gasteiger partial charge in [-0.2, -0.15) is 10.9 Å². The molecule has 0 aliphatic carbocycles. The number of nitrogens with zero attached hydrogens (tertiary/aromatic N) is 1. The molecule has 3 rings (SSSR count). The number of benzene rings is 1. The van der Waals surface area contributed by atoms with Gasteiger partial charge in [0.2, 0.25) is 0 Å². The number of hydrogen-bond donors (Lipinski definition) is 1. The summed E-state index contributed by atoms with van der Waals surface area (Å²) < 4.78 is 5.81. The molecule has 1 aliphatic rings. The predicted molar refractivity (Wildman–Crippen MR) is 89.9 cm³/mol. The Morgan fingerprint density at radius 2 is 2.00 bits per heavy atom. The van der Waals surface area contributed by atoms with E-state index in [9.17, 15) is 4.79 Å². The topological polar surface area (TPSA) is 39.2 Å². The Balaban J connectivity index is 1.64. The van der Waals surface area contributed by atoms with Crippen molar-refractivity contribution in [1.29, 1.82) is 0 Å². The quantitative estimate of drug-likeness (QED) is 0.663. The minimum Gasteiger partial charge on any atom is -0.488 e. The molecule has 22 heavy (non-hydrogen) atoms. The summed E-state index contributed by atoms with van der Waals surface area (Å²) in [4.78, 5) is 15.7. The molecule has 0 N–H and O–H groups in total. The number of carbonyl (C=O) groups is 1. The average molecular weight is 311 g/mol. The van der Waals surface area contributed by atoms with Gasteiger partial charge in [-0.1, -0.05) is 30.3 Å². The fraction of sp³-hybridized carbons (Fsp3) is 0.111. The van der Waals surface area contributed by atoms with Crippen LogP contribution in [0.1, 0.15) is 22.8 Å². The lowest BCUT2D eigenvalue weighted by atomic mass is 10.2. The van der Waals surface area contributed by atoms with Gasteiger partial charge in [-0.3, -0.25) is 9.78 Å². The third-order valence-corrected chi connectivity index (χ3v) is 5.13. The summed E-state index contributed by atoms with van der Waals surface area (Å²) in [5.74, 6) is 0.920. The molecule has 0 fully saturated rings. The largest absolute Gasteiger partial charge is 0.488 e. The van der Waals surface area contributed by atoms with Crippen LogP contribution in [0.3, 0.4) is 0 Å². The number of rotatable bonds is 5. The molecule has 0 spiro atoms. The van der Waals surface area contributed by atoms with Crippen LogP contribution in [-0.2, 0) is 11.3 Å². The number of carbonyl (C=O) groups excluding carboxylic acids is 1. The first-order valence-electron chi connectivity index (χ1n) is 7.04. The first-order valence-corrected chi connectivity index (χ1v) is 8.52. The van der Waals surface area contributed by atoms with Crippen molar-refractivity contribution in [3.8, 4) is 0 Å². The van der Waals surface area contributed by atoms with Crippen molar-refractivity contribution in [2.45, 2.75) is 18.6 Å². The van der Waals surface area contributed by atoms with E-state index in [2.05, 4.69) is 15.8 Å². The number of thiol groups is 1. The molecule has 0 radical (unpaired) electrons. The molecule has 1 aromatic carbocycles. The van der Waals surface area contributed by atoms with Gasteiger partial charge in [0.05, 0.1) is 5.03 Å². The second-order valence-corrected chi connectivity index (χ2v) is 6.82. The summed E-state index contributed by atoms with van der Waals surface area (Å²) in [6.07, 6.45) is 3.64. The number of aromatic nitrogens is 1. The monoisotopic (exact) mass is 311 g/mol. The normalized spacial score (nSPS) is 18.0. The number of hydrogen-bond acceptors (Lipinski definition) is 3. The SMILES string of the molecule is CC(=O)c1ccc([SH]2C=CC(OCc3ccccc3)=C2)nc1. The molecule has 4 heteroatoms. The molecular formula is C18H17NO2S. The Bertz CT molecular complexity index is 721. The Morgan fingerprint density at radius 3 is 2.68 bits per heavy atom. The zero-order chi connectivity index (χ0) is 15.4. The fourth-order valence-corrected chi connectivity index (χ4v) is 3.64. The van der Waals surface area contributed by atoms with Crippen LogP contribution in [0.5, 0.6) is 0 Å². The smallest absolute Gasteiger partial charge is 0.161 e. The van der Waals surface area contributed by atoms with Crippen LogP contribution in [0, 0.1) is 0 Å². The Hall–Kier alpha value is -2.33. The van der Waals surface area contributed by atoms with Crippen LogP contribution in [0.2, 0.25) is 0 Å². The third kappa shape index (κ3) is 3.46. The van der Waals surface area contributed by atoms with Gasteiger partial charge in [0.1, 0.15) is 12.4 Å². The lowest BCUT2D eigenvalue weighted by molar-refractivity contribution is 0.101. The summed E-state index contributed by atoms with van der Waals surface area (Å²) in [7, 11) is -0.582. The number of allylic oxidation sites excluding steroid dienone is 1. The van der Waals surface area contributed by atoms with Gasteiger partial charge in [0.15, 0.2) is 5.78 Å². The summed E-state index contributed by atoms with van der Waals surface area (Å²) in [6.45, 7) is 2.11. The summed E-state index contributed by atoms with van der Waals surface area (Å²) in [5.41, 5.74) is 1.79. The van der Waals surface area contributed by atoms with E-state index >= 15 is 0 Å². The Labute approximate surface area is 132 Å². The highest BCUT2D eigenvalue weighted by atomic mass is 32.2. The van der Waals surface area contributed by atoms with Crippen LogP contribution in [0.15, 0.2) is 76.3 Å². The molecule has 1 atom stereocenters. The first-order chi connectivity index (χ1) is 10.7. The van der Waals surface area contributed by atoms with E-state index in [1.54, 1.807) is 13.1 Å². The van der Waals surface area contributed by atoms with E-state index in [1.807, 2.05) is 48.5 Å². The van der Waals surface area contributed by atoms with Crippen molar-refractivity contribution in [1.82, 2.24) is 4.98 Å². The van der Waals surface area contributed by atoms with E-state index in [0.717, 1.165) is 16.3 Å². The van der Waals surface area contributed by atoms with E-state index in [1.165, 1.54) is 0 Å². The molecule has 1 aromatic heterocycles. The van der Waals surface area contributed by atoms with Gasteiger partial charge in [-0.05, 0) is 36.1 Å². The molecule has 2 heterocycles. The van der Waals surface area contributed by atoms with Gasteiger partial charge in [-0.15, -0.1) is 0 Å². The molecular weight excluding hydrogens is 294 g/mol. The highest BCUT2D eigenvalue weighted by Crippen LogP contribution is 2.43. The molecule has 3 nitrogen and oxygen atoms in total. The van der Waals surface area contributed by atoms with Crippen LogP contribution >= 0.6 is 10.9 Å². The van der Waals surface area contributed by atoms with Crippen molar-refractivity contribution in [2.24, 2.45) is 0 Å². The Kier molecular flexibility index (Phi) is 4.39. The van der Waals surface area contributed by atoms with E-state index in [0.29, 0.717) is 12.2 Å². The van der Waals surface area contributed by atoms with Crippen LogP contribution in [0.25, 0.3) is 0 Å².